The lowest BCUT2D eigenvalue weighted by atomic mass is 10.0. The SMILES string of the molecule is C.C.C.C.C.CC(C)CCNC(=O)CCCC(=O)C(C)C.CC(C)CCNC(=O)CCCCC(=O)C(C)C.CC(C)OP(=O)(O)OCCNC(=O)CCCCC(=O)C(C)C. The zero-order chi connectivity index (χ0) is 43.0. The second-order valence-corrected chi connectivity index (χ2v) is 17.4. The van der Waals surface area contributed by atoms with Gasteiger partial charge in [0.1, 0.15) is 17.3 Å². The summed E-state index contributed by atoms with van der Waals surface area (Å²) in [5, 5.41) is 8.35. The Morgan fingerprint density at radius 3 is 1.05 bits per heavy atom. The molecule has 1 atom stereocenters. The van der Waals surface area contributed by atoms with Gasteiger partial charge < -0.3 is 20.8 Å². The van der Waals surface area contributed by atoms with Crippen molar-refractivity contribution in [2.45, 2.75) is 210 Å². The van der Waals surface area contributed by atoms with Crippen LogP contribution in [0.4, 0.5) is 0 Å². The smallest absolute Gasteiger partial charge is 0.356 e. The fraction of sp³-hybridized carbons (Fsp3) is 0.870. The van der Waals surface area contributed by atoms with E-state index in [0.29, 0.717) is 75.4 Å². The number of Topliss-reactive ketones (excluding diaryl/α,β-unsaturated/α-hetero) is 3. The van der Waals surface area contributed by atoms with Crippen molar-refractivity contribution in [3.63, 3.8) is 0 Å². The first kappa shape index (κ1) is 74.9. The summed E-state index contributed by atoms with van der Waals surface area (Å²) in [6, 6.07) is 0. The van der Waals surface area contributed by atoms with Gasteiger partial charge in [0.05, 0.1) is 12.7 Å². The second kappa shape index (κ2) is 46.0. The van der Waals surface area contributed by atoms with Gasteiger partial charge in [-0.3, -0.25) is 37.8 Å². The molecule has 0 aromatic rings. The fourth-order valence-corrected chi connectivity index (χ4v) is 5.29. The molecule has 4 N–H and O–H groups in total. The van der Waals surface area contributed by atoms with Crippen molar-refractivity contribution >= 4 is 42.9 Å². The van der Waals surface area contributed by atoms with Crippen LogP contribution in [-0.2, 0) is 42.4 Å². The van der Waals surface area contributed by atoms with Crippen LogP contribution in [0.25, 0.3) is 0 Å². The zero-order valence-electron chi connectivity index (χ0n) is 36.6. The van der Waals surface area contributed by atoms with Crippen molar-refractivity contribution < 1.29 is 47.3 Å². The number of rotatable bonds is 29. The molecule has 0 radical (unpaired) electrons. The molecule has 14 heteroatoms. The van der Waals surface area contributed by atoms with Gasteiger partial charge in [0, 0.05) is 75.9 Å². The van der Waals surface area contributed by atoms with E-state index in [2.05, 4.69) is 43.6 Å². The third-order valence-electron chi connectivity index (χ3n) is 8.02. The first-order chi connectivity index (χ1) is 25.5. The molecule has 0 rings (SSSR count). The quantitative estimate of drug-likeness (QED) is 0.0415. The van der Waals surface area contributed by atoms with Crippen molar-refractivity contribution in [3.05, 3.63) is 0 Å². The number of hydrogen-bond donors (Lipinski definition) is 4. The lowest BCUT2D eigenvalue weighted by Crippen LogP contribution is -2.26. The first-order valence-electron chi connectivity index (χ1n) is 20.5. The highest BCUT2D eigenvalue weighted by atomic mass is 31.2. The van der Waals surface area contributed by atoms with Crippen molar-refractivity contribution in [2.75, 3.05) is 26.2 Å². The van der Waals surface area contributed by atoms with E-state index in [1.54, 1.807) is 13.8 Å². The number of carbonyl (C=O) groups is 6. The van der Waals surface area contributed by atoms with Gasteiger partial charge in [-0.15, -0.1) is 0 Å². The topological polar surface area (TPSA) is 194 Å². The van der Waals surface area contributed by atoms with Crippen molar-refractivity contribution in [3.8, 4) is 0 Å². The average Bonchev–Trinajstić information content (AvgIpc) is 3.06. The summed E-state index contributed by atoms with van der Waals surface area (Å²) in [7, 11) is -4.04. The van der Waals surface area contributed by atoms with Gasteiger partial charge in [-0.2, -0.15) is 0 Å². The van der Waals surface area contributed by atoms with Crippen LogP contribution >= 0.6 is 7.82 Å². The Kier molecular flexibility index (Phi) is 57.5. The van der Waals surface area contributed by atoms with Gasteiger partial charge in [0.2, 0.25) is 17.7 Å². The van der Waals surface area contributed by atoms with Crippen LogP contribution < -0.4 is 16.0 Å². The zero-order valence-corrected chi connectivity index (χ0v) is 37.4. The maximum Gasteiger partial charge on any atom is 0.472 e. The van der Waals surface area contributed by atoms with Crippen LogP contribution in [0.15, 0.2) is 0 Å². The minimum absolute atomic E-state index is 0. The van der Waals surface area contributed by atoms with Crippen LogP contribution in [0.1, 0.15) is 204 Å². The van der Waals surface area contributed by atoms with Crippen LogP contribution in [-0.4, -0.2) is 72.3 Å². The highest BCUT2D eigenvalue weighted by molar-refractivity contribution is 7.47. The van der Waals surface area contributed by atoms with E-state index >= 15 is 0 Å². The third-order valence-corrected chi connectivity index (χ3v) is 9.22. The summed E-state index contributed by atoms with van der Waals surface area (Å²) in [6.07, 6.45) is 8.22. The Balaban J connectivity index is -0.000000110. The van der Waals surface area contributed by atoms with E-state index in [0.717, 1.165) is 38.8 Å². The first-order valence-corrected chi connectivity index (χ1v) is 22.0. The average molecular weight is 886 g/mol. The molecule has 0 bridgehead atoms. The molecule has 0 aliphatic carbocycles. The molecule has 13 nitrogen and oxygen atoms in total. The van der Waals surface area contributed by atoms with Gasteiger partial charge in [-0.05, 0) is 70.6 Å². The second-order valence-electron chi connectivity index (χ2n) is 16.0. The van der Waals surface area contributed by atoms with E-state index in [4.69, 9.17) is 9.05 Å². The molecule has 0 aromatic carbocycles. The molecule has 0 saturated carbocycles. The maximum absolute atomic E-state index is 11.5. The van der Waals surface area contributed by atoms with Crippen molar-refractivity contribution in [1.29, 1.82) is 0 Å². The summed E-state index contributed by atoms with van der Waals surface area (Å²) in [4.78, 5) is 77.6. The lowest BCUT2D eigenvalue weighted by molar-refractivity contribution is -0.123. The molecule has 3 amide bonds. The molecular formula is C46H100N3O10P. The molecule has 0 aromatic heterocycles. The predicted octanol–water partition coefficient (Wildman–Crippen LogP) is 11.1. The van der Waals surface area contributed by atoms with E-state index in [-0.39, 0.29) is 97.3 Å². The molecule has 1 unspecified atom stereocenters. The minimum atomic E-state index is -4.04. The Hall–Kier alpha value is -2.47. The Morgan fingerprint density at radius 2 is 0.750 bits per heavy atom. The van der Waals surface area contributed by atoms with Gasteiger partial charge >= 0.3 is 7.82 Å². The van der Waals surface area contributed by atoms with Crippen molar-refractivity contribution in [2.24, 2.45) is 29.6 Å². The monoisotopic (exact) mass is 886 g/mol. The highest BCUT2D eigenvalue weighted by Gasteiger charge is 2.22. The number of carbonyl (C=O) groups excluding carboxylic acids is 6. The molecule has 364 valence electrons. The van der Waals surface area contributed by atoms with E-state index < -0.39 is 13.9 Å². The number of phosphoric acid groups is 1. The molecule has 0 aliphatic rings. The summed E-state index contributed by atoms with van der Waals surface area (Å²) in [6.45, 7) is 24.7. The fourth-order valence-electron chi connectivity index (χ4n) is 4.37. The number of hydrogen-bond acceptors (Lipinski definition) is 9. The molecular weight excluding hydrogens is 785 g/mol. The van der Waals surface area contributed by atoms with Crippen LogP contribution in [0.5, 0.6) is 0 Å². The summed E-state index contributed by atoms with van der Waals surface area (Å²) in [5.74, 6) is 2.24. The molecule has 0 fully saturated rings. The molecule has 0 heterocycles. The standard InChI is InChI=1S/C14H28NO6P.C14H27NO2.C13H25NO2.5CH4/c1-11(2)13(16)7-5-6-8-14(17)15-9-10-20-22(18,19)21-12(3)4;1-11(2)9-10-15-14(17)8-6-5-7-13(16)12(3)4;1-10(2)8-9-14-13(16)7-5-6-12(15)11(3)4;;;;;/h11-12H,5-10H2,1-4H3,(H,15,17)(H,18,19);11-12H,5-10H2,1-4H3,(H,15,17);10-11H,5-9H2,1-4H3,(H,14,16);5*1H4. The third kappa shape index (κ3) is 55.5. The van der Waals surface area contributed by atoms with Crippen LogP contribution in [0.2, 0.25) is 0 Å². The molecule has 0 aliphatic heterocycles. The number of phosphoric ester groups is 1. The molecule has 60 heavy (non-hydrogen) atoms. The van der Waals surface area contributed by atoms with Crippen molar-refractivity contribution in [1.82, 2.24) is 16.0 Å². The van der Waals surface area contributed by atoms with Gasteiger partial charge in [-0.25, -0.2) is 4.57 Å². The predicted molar refractivity (Wildman–Crippen MR) is 254 cm³/mol. The molecule has 0 spiro atoms. The summed E-state index contributed by atoms with van der Waals surface area (Å²) >= 11 is 0. The number of amides is 3. The van der Waals surface area contributed by atoms with E-state index in [1.165, 1.54) is 0 Å². The Bertz CT molecular complexity index is 1130. The number of ketones is 3. The maximum atomic E-state index is 11.5. The molecule has 0 saturated heterocycles. The number of nitrogens with one attached hydrogen (secondary N) is 3. The Labute approximate surface area is 370 Å². The highest BCUT2D eigenvalue weighted by Crippen LogP contribution is 2.44. The largest absolute Gasteiger partial charge is 0.472 e. The normalized spacial score (nSPS) is 11.2. The van der Waals surface area contributed by atoms with Crippen LogP contribution in [0.3, 0.4) is 0 Å². The minimum Gasteiger partial charge on any atom is -0.356 e. The summed E-state index contributed by atoms with van der Waals surface area (Å²) < 4.78 is 20.8. The summed E-state index contributed by atoms with van der Waals surface area (Å²) in [5.41, 5.74) is 0. The van der Waals surface area contributed by atoms with Crippen LogP contribution in [0, 0.1) is 29.6 Å². The van der Waals surface area contributed by atoms with Gasteiger partial charge in [0.15, 0.2) is 0 Å². The number of unbranched alkanes of at least 4 members (excludes halogenated alkanes) is 2. The lowest BCUT2D eigenvalue weighted by Gasteiger charge is -2.14. The van der Waals surface area contributed by atoms with Gasteiger partial charge in [0.25, 0.3) is 0 Å². The Morgan fingerprint density at radius 1 is 0.467 bits per heavy atom. The van der Waals surface area contributed by atoms with E-state index in [9.17, 15) is 38.2 Å². The van der Waals surface area contributed by atoms with E-state index in [1.807, 2.05) is 41.5 Å². The van der Waals surface area contributed by atoms with Gasteiger partial charge in [-0.1, -0.05) is 106 Å².